The van der Waals surface area contributed by atoms with Crippen molar-refractivity contribution < 1.29 is 19.0 Å². The van der Waals surface area contributed by atoms with Crippen LogP contribution < -0.4 is 10.3 Å². The lowest BCUT2D eigenvalue weighted by Crippen LogP contribution is -2.20. The van der Waals surface area contributed by atoms with Gasteiger partial charge in [0.2, 0.25) is 5.82 Å². The Hall–Kier alpha value is -3.16. The van der Waals surface area contributed by atoms with Crippen molar-refractivity contribution in [2.45, 2.75) is 0 Å². The monoisotopic (exact) mass is 303 g/mol. The molecule has 2 heterocycles. The molecule has 0 fully saturated rings. The van der Waals surface area contributed by atoms with E-state index in [-0.39, 0.29) is 16.9 Å². The highest BCUT2D eigenvalue weighted by molar-refractivity contribution is 5.94. The lowest BCUT2D eigenvalue weighted by Gasteiger charge is -2.06. The molecule has 0 saturated carbocycles. The molecule has 0 radical (unpaired) electrons. The Morgan fingerprint density at radius 1 is 1.36 bits per heavy atom. The Bertz CT molecular complexity index is 928. The third-order valence-corrected chi connectivity index (χ3v) is 3.22. The van der Waals surface area contributed by atoms with Gasteiger partial charge in [0.15, 0.2) is 5.65 Å². The Kier molecular flexibility index (Phi) is 3.13. The van der Waals surface area contributed by atoms with Crippen LogP contribution in [0.2, 0.25) is 0 Å². The third-order valence-electron chi connectivity index (χ3n) is 3.22. The van der Waals surface area contributed by atoms with E-state index >= 15 is 0 Å². The van der Waals surface area contributed by atoms with E-state index in [0.29, 0.717) is 15.8 Å². The summed E-state index contributed by atoms with van der Waals surface area (Å²) in [4.78, 5) is 25.7. The number of fused-ring (bicyclic) bond motifs is 1. The van der Waals surface area contributed by atoms with Crippen molar-refractivity contribution in [2.24, 2.45) is 0 Å². The highest BCUT2D eigenvalue weighted by Gasteiger charge is 2.19. The second-order valence-corrected chi connectivity index (χ2v) is 4.47. The number of methoxy groups -OCH3 is 1. The lowest BCUT2D eigenvalue weighted by atomic mass is 10.1. The maximum absolute atomic E-state index is 14.2. The van der Waals surface area contributed by atoms with Gasteiger partial charge in [0, 0.05) is 5.56 Å². The Morgan fingerprint density at radius 3 is 2.64 bits per heavy atom. The topological polar surface area (TPSA) is 96.7 Å². The molecule has 3 rings (SSSR count). The summed E-state index contributed by atoms with van der Waals surface area (Å²) in [6.45, 7) is 0. The minimum atomic E-state index is -1.27. The van der Waals surface area contributed by atoms with Crippen molar-refractivity contribution in [3.8, 4) is 17.0 Å². The predicted octanol–water partition coefficient (Wildman–Crippen LogP) is 1.54. The molecule has 2 aromatic heterocycles. The van der Waals surface area contributed by atoms with E-state index in [2.05, 4.69) is 10.1 Å². The number of carboxylic acids is 1. The van der Waals surface area contributed by atoms with Gasteiger partial charge in [-0.1, -0.05) is 0 Å². The first-order valence-corrected chi connectivity index (χ1v) is 6.20. The number of aromatic carboxylic acids is 1. The molecular formula is C14H10FN3O4. The van der Waals surface area contributed by atoms with Crippen LogP contribution in [0.15, 0.2) is 35.3 Å². The van der Waals surface area contributed by atoms with E-state index in [1.807, 2.05) is 0 Å². The lowest BCUT2D eigenvalue weighted by molar-refractivity contribution is 0.0698. The molecular weight excluding hydrogens is 293 g/mol. The summed E-state index contributed by atoms with van der Waals surface area (Å²) in [5, 5.41) is 12.7. The van der Waals surface area contributed by atoms with Gasteiger partial charge in [-0.2, -0.15) is 14.0 Å². The largest absolute Gasteiger partial charge is 0.497 e. The minimum absolute atomic E-state index is 0.0790. The molecule has 3 aromatic rings. The molecule has 7 nitrogen and oxygen atoms in total. The quantitative estimate of drug-likeness (QED) is 0.765. The van der Waals surface area contributed by atoms with Gasteiger partial charge in [-0.25, -0.2) is 4.79 Å². The number of halogens is 1. The summed E-state index contributed by atoms with van der Waals surface area (Å²) < 4.78 is 19.9. The van der Waals surface area contributed by atoms with Gasteiger partial charge < -0.3 is 14.8 Å². The van der Waals surface area contributed by atoms with E-state index in [0.717, 1.165) is 6.20 Å². The van der Waals surface area contributed by atoms with Gasteiger partial charge in [-0.05, 0) is 24.3 Å². The van der Waals surface area contributed by atoms with Crippen LogP contribution in [0, 0.1) is 5.82 Å². The van der Waals surface area contributed by atoms with Crippen LogP contribution in [0.5, 0.6) is 5.75 Å². The number of ether oxygens (including phenoxy) is 1. The summed E-state index contributed by atoms with van der Waals surface area (Å²) in [6, 6.07) is 6.32. The number of nitrogens with zero attached hydrogens (tertiary/aromatic N) is 2. The zero-order chi connectivity index (χ0) is 15.9. The molecule has 0 aliphatic rings. The van der Waals surface area contributed by atoms with Crippen molar-refractivity contribution in [1.29, 1.82) is 0 Å². The average molecular weight is 303 g/mol. The molecule has 1 aromatic carbocycles. The smallest absolute Gasteiger partial charge is 0.341 e. The maximum Gasteiger partial charge on any atom is 0.341 e. The molecule has 0 bridgehead atoms. The van der Waals surface area contributed by atoms with Gasteiger partial charge in [0.25, 0.3) is 0 Å². The molecule has 112 valence electrons. The second-order valence-electron chi connectivity index (χ2n) is 4.47. The average Bonchev–Trinajstić information content (AvgIpc) is 2.95. The van der Waals surface area contributed by atoms with Crippen molar-refractivity contribution >= 4 is 11.6 Å². The number of aromatic amines is 1. The van der Waals surface area contributed by atoms with Crippen LogP contribution in [-0.4, -0.2) is 32.8 Å². The van der Waals surface area contributed by atoms with Crippen molar-refractivity contribution in [3.63, 3.8) is 0 Å². The fraction of sp³-hybridized carbons (Fsp3) is 0.0714. The molecule has 0 atom stereocenters. The number of H-pyrrole nitrogens is 1. The van der Waals surface area contributed by atoms with Gasteiger partial charge in [0.1, 0.15) is 11.3 Å². The fourth-order valence-electron chi connectivity index (χ4n) is 2.11. The van der Waals surface area contributed by atoms with E-state index in [1.165, 1.54) is 7.11 Å². The molecule has 22 heavy (non-hydrogen) atoms. The zero-order valence-electron chi connectivity index (χ0n) is 11.3. The molecule has 0 aliphatic heterocycles. The van der Waals surface area contributed by atoms with Crippen molar-refractivity contribution in [2.75, 3.05) is 7.11 Å². The van der Waals surface area contributed by atoms with Crippen LogP contribution >= 0.6 is 0 Å². The number of nitrogens with one attached hydrogen (secondary N) is 1. The number of aromatic nitrogens is 3. The Balaban J connectivity index is 2.28. The van der Waals surface area contributed by atoms with E-state index < -0.39 is 17.3 Å². The van der Waals surface area contributed by atoms with Gasteiger partial charge >= 0.3 is 11.5 Å². The molecule has 0 amide bonds. The second kappa shape index (κ2) is 4.99. The zero-order valence-corrected chi connectivity index (χ0v) is 11.3. The first-order chi connectivity index (χ1) is 10.5. The van der Waals surface area contributed by atoms with E-state index in [4.69, 9.17) is 9.84 Å². The number of hydrogen-bond donors (Lipinski definition) is 2. The van der Waals surface area contributed by atoms with Gasteiger partial charge in [-0.15, -0.1) is 0 Å². The number of rotatable bonds is 3. The van der Waals surface area contributed by atoms with Crippen LogP contribution in [0.25, 0.3) is 16.9 Å². The van der Waals surface area contributed by atoms with Gasteiger partial charge in [0.05, 0.1) is 19.0 Å². The Labute approximate surface area is 122 Å². The predicted molar refractivity (Wildman–Crippen MR) is 74.7 cm³/mol. The van der Waals surface area contributed by atoms with Crippen LogP contribution in [-0.2, 0) is 0 Å². The number of hydrogen-bond acceptors (Lipinski definition) is 4. The SMILES string of the molecule is COc1ccc(-c2[nH]c3c(C(=O)O)cnn3c(=O)c2F)cc1. The Morgan fingerprint density at radius 2 is 2.05 bits per heavy atom. The molecule has 0 spiro atoms. The normalized spacial score (nSPS) is 10.8. The van der Waals surface area contributed by atoms with Crippen LogP contribution in [0.1, 0.15) is 10.4 Å². The highest BCUT2D eigenvalue weighted by Crippen LogP contribution is 2.23. The molecule has 8 heteroatoms. The third kappa shape index (κ3) is 2.01. The van der Waals surface area contributed by atoms with Gasteiger partial charge in [-0.3, -0.25) is 4.79 Å². The summed E-state index contributed by atoms with van der Waals surface area (Å²) in [5.74, 6) is -1.74. The molecule has 0 unspecified atom stereocenters. The highest BCUT2D eigenvalue weighted by atomic mass is 19.1. The van der Waals surface area contributed by atoms with E-state index in [9.17, 15) is 14.0 Å². The molecule has 0 saturated heterocycles. The van der Waals surface area contributed by atoms with Crippen molar-refractivity contribution in [1.82, 2.24) is 14.6 Å². The maximum atomic E-state index is 14.2. The van der Waals surface area contributed by atoms with Crippen LogP contribution in [0.4, 0.5) is 4.39 Å². The summed E-state index contributed by atoms with van der Waals surface area (Å²) in [7, 11) is 1.49. The molecule has 2 N–H and O–H groups in total. The van der Waals surface area contributed by atoms with Crippen LogP contribution in [0.3, 0.4) is 0 Å². The number of carbonyl (C=O) groups is 1. The number of carboxylic acid groups (broad SMARTS) is 1. The standard InChI is InChI=1S/C14H10FN3O4/c1-22-8-4-2-7(3-5-8)11-10(15)13(19)18-12(17-11)9(6-16-18)14(20)21/h2-6,17H,1H3,(H,20,21). The minimum Gasteiger partial charge on any atom is -0.497 e. The summed E-state index contributed by atoms with van der Waals surface area (Å²) >= 11 is 0. The first kappa shape index (κ1) is 13.8. The first-order valence-electron chi connectivity index (χ1n) is 6.20. The fourth-order valence-corrected chi connectivity index (χ4v) is 2.11. The molecule has 0 aliphatic carbocycles. The summed E-state index contributed by atoms with van der Waals surface area (Å²) in [5.41, 5.74) is -1.04. The summed E-state index contributed by atoms with van der Waals surface area (Å²) in [6.07, 6.45) is 0.993. The number of benzene rings is 1. The van der Waals surface area contributed by atoms with E-state index in [1.54, 1.807) is 24.3 Å². The van der Waals surface area contributed by atoms with Crippen molar-refractivity contribution in [3.05, 3.63) is 52.2 Å².